The highest BCUT2D eigenvalue weighted by molar-refractivity contribution is 6.01. The number of carbonyl (C=O) groups excluding carboxylic acids is 1. The Morgan fingerprint density at radius 3 is 2.80 bits per heavy atom. The number of nitrogens with one attached hydrogen (secondary N) is 2. The van der Waals surface area contributed by atoms with Crippen molar-refractivity contribution >= 4 is 11.6 Å². The van der Waals surface area contributed by atoms with Crippen molar-refractivity contribution in [1.29, 1.82) is 0 Å². The minimum absolute atomic E-state index is 0.00264. The number of nitrogens with zero attached hydrogens (tertiary/aromatic N) is 2. The van der Waals surface area contributed by atoms with E-state index in [0.717, 1.165) is 0 Å². The molecule has 0 atom stereocenters. The fourth-order valence-corrected chi connectivity index (χ4v) is 1.45. The van der Waals surface area contributed by atoms with E-state index >= 15 is 0 Å². The number of alkyl halides is 2. The molecule has 2 aromatic rings. The molecular weight excluding hydrogens is 274 g/mol. The number of hydrogen-bond acceptors (Lipinski definition) is 5. The molecule has 9 heteroatoms. The van der Waals surface area contributed by atoms with Gasteiger partial charge in [0.05, 0.1) is 7.11 Å². The van der Waals surface area contributed by atoms with Crippen molar-refractivity contribution in [3.8, 4) is 11.5 Å². The lowest BCUT2D eigenvalue weighted by Crippen LogP contribution is -2.14. The summed E-state index contributed by atoms with van der Waals surface area (Å²) in [4.78, 5) is 15.4. The average Bonchev–Trinajstić information content (AvgIpc) is 2.92. The fraction of sp³-hybridized carbons (Fsp3) is 0.182. The van der Waals surface area contributed by atoms with Crippen LogP contribution >= 0.6 is 0 Å². The molecule has 1 heterocycles. The standard InChI is InChI=1S/C11H10F2N4O3/c1-19-7-3-2-6(4-8(7)20-11(12)13)16-10(18)9-14-5-15-17-9/h2-5,11H,1H3,(H,16,18)(H,14,15,17). The van der Waals surface area contributed by atoms with Crippen molar-refractivity contribution in [1.82, 2.24) is 15.2 Å². The van der Waals surface area contributed by atoms with Crippen LogP contribution in [0.25, 0.3) is 0 Å². The lowest BCUT2D eigenvalue weighted by atomic mass is 10.2. The molecule has 0 saturated heterocycles. The van der Waals surface area contributed by atoms with Crippen LogP contribution in [0.4, 0.5) is 14.5 Å². The molecule has 0 radical (unpaired) electrons. The maximum atomic E-state index is 12.3. The van der Waals surface area contributed by atoms with Gasteiger partial charge in [0, 0.05) is 11.8 Å². The predicted octanol–water partition coefficient (Wildman–Crippen LogP) is 1.67. The highest BCUT2D eigenvalue weighted by Crippen LogP contribution is 2.31. The Hall–Kier alpha value is -2.71. The summed E-state index contributed by atoms with van der Waals surface area (Å²) >= 11 is 0. The van der Waals surface area contributed by atoms with Gasteiger partial charge in [0.15, 0.2) is 11.5 Å². The fourth-order valence-electron chi connectivity index (χ4n) is 1.45. The van der Waals surface area contributed by atoms with Crippen LogP contribution in [0.15, 0.2) is 24.5 Å². The topological polar surface area (TPSA) is 89.1 Å². The summed E-state index contributed by atoms with van der Waals surface area (Å²) < 4.78 is 33.7. The molecule has 20 heavy (non-hydrogen) atoms. The number of ether oxygens (including phenoxy) is 2. The number of benzene rings is 1. The number of aromatic amines is 1. The van der Waals surface area contributed by atoms with E-state index in [1.165, 1.54) is 31.6 Å². The monoisotopic (exact) mass is 284 g/mol. The number of aromatic nitrogens is 3. The molecule has 0 fully saturated rings. The van der Waals surface area contributed by atoms with E-state index in [1.807, 2.05) is 0 Å². The highest BCUT2D eigenvalue weighted by atomic mass is 19.3. The smallest absolute Gasteiger partial charge is 0.387 e. The first kappa shape index (κ1) is 13.7. The lowest BCUT2D eigenvalue weighted by molar-refractivity contribution is -0.0511. The van der Waals surface area contributed by atoms with E-state index in [2.05, 4.69) is 25.2 Å². The first-order valence-corrected chi connectivity index (χ1v) is 5.39. The van der Waals surface area contributed by atoms with Crippen LogP contribution in [0.3, 0.4) is 0 Å². The summed E-state index contributed by atoms with van der Waals surface area (Å²) in [7, 11) is 1.32. The third-order valence-electron chi connectivity index (χ3n) is 2.27. The summed E-state index contributed by atoms with van der Waals surface area (Å²) in [5, 5.41) is 8.36. The van der Waals surface area contributed by atoms with Crippen LogP contribution in [0.5, 0.6) is 11.5 Å². The Kier molecular flexibility index (Phi) is 4.08. The first-order valence-electron chi connectivity index (χ1n) is 5.39. The summed E-state index contributed by atoms with van der Waals surface area (Å²) in [5.41, 5.74) is 0.253. The Labute approximate surface area is 111 Å². The molecule has 1 amide bonds. The van der Waals surface area contributed by atoms with Crippen molar-refractivity contribution in [2.24, 2.45) is 0 Å². The van der Waals surface area contributed by atoms with Gasteiger partial charge in [0.2, 0.25) is 5.82 Å². The number of hydrogen-bond donors (Lipinski definition) is 2. The van der Waals surface area contributed by atoms with Crippen molar-refractivity contribution in [3.63, 3.8) is 0 Å². The van der Waals surface area contributed by atoms with Gasteiger partial charge in [-0.1, -0.05) is 0 Å². The van der Waals surface area contributed by atoms with Gasteiger partial charge in [-0.25, -0.2) is 4.98 Å². The molecule has 2 rings (SSSR count). The Balaban J connectivity index is 2.18. The zero-order valence-electron chi connectivity index (χ0n) is 10.3. The number of carbonyl (C=O) groups is 1. The summed E-state index contributed by atoms with van der Waals surface area (Å²) in [5.74, 6) is -0.617. The molecule has 1 aromatic carbocycles. The SMILES string of the molecule is COc1ccc(NC(=O)c2ncn[nH]2)cc1OC(F)F. The molecule has 0 aliphatic carbocycles. The van der Waals surface area contributed by atoms with Crippen LogP contribution in [-0.2, 0) is 0 Å². The Morgan fingerprint density at radius 1 is 1.40 bits per heavy atom. The largest absolute Gasteiger partial charge is 0.493 e. The van der Waals surface area contributed by atoms with Gasteiger partial charge in [-0.15, -0.1) is 0 Å². The second kappa shape index (κ2) is 5.95. The molecule has 7 nitrogen and oxygen atoms in total. The van der Waals surface area contributed by atoms with Crippen molar-refractivity contribution < 1.29 is 23.0 Å². The van der Waals surface area contributed by atoms with E-state index in [0.29, 0.717) is 0 Å². The summed E-state index contributed by atoms with van der Waals surface area (Å²) in [6, 6.07) is 4.10. The molecule has 2 N–H and O–H groups in total. The van der Waals surface area contributed by atoms with Crippen LogP contribution < -0.4 is 14.8 Å². The third-order valence-corrected chi connectivity index (χ3v) is 2.27. The van der Waals surface area contributed by atoms with Crippen LogP contribution in [-0.4, -0.2) is 34.8 Å². The van der Waals surface area contributed by atoms with E-state index in [4.69, 9.17) is 4.74 Å². The van der Waals surface area contributed by atoms with Gasteiger partial charge in [-0.05, 0) is 12.1 Å². The van der Waals surface area contributed by atoms with Crippen molar-refractivity contribution in [2.45, 2.75) is 6.61 Å². The van der Waals surface area contributed by atoms with Crippen molar-refractivity contribution in [2.75, 3.05) is 12.4 Å². The van der Waals surface area contributed by atoms with E-state index in [-0.39, 0.29) is 23.0 Å². The summed E-state index contributed by atoms with van der Waals surface area (Å²) in [6.45, 7) is -3.00. The Morgan fingerprint density at radius 2 is 2.20 bits per heavy atom. The number of H-pyrrole nitrogens is 1. The lowest BCUT2D eigenvalue weighted by Gasteiger charge is -2.11. The van der Waals surface area contributed by atoms with E-state index in [9.17, 15) is 13.6 Å². The van der Waals surface area contributed by atoms with Crippen LogP contribution in [0.1, 0.15) is 10.6 Å². The molecule has 0 spiro atoms. The van der Waals surface area contributed by atoms with Gasteiger partial charge in [0.25, 0.3) is 5.91 Å². The number of anilines is 1. The number of methoxy groups -OCH3 is 1. The van der Waals surface area contributed by atoms with Gasteiger partial charge >= 0.3 is 6.61 Å². The first-order chi connectivity index (χ1) is 9.60. The number of amides is 1. The molecule has 1 aromatic heterocycles. The minimum atomic E-state index is -3.00. The van der Waals surface area contributed by atoms with Gasteiger partial charge < -0.3 is 14.8 Å². The second-order valence-corrected chi connectivity index (χ2v) is 3.53. The maximum absolute atomic E-state index is 12.3. The predicted molar refractivity (Wildman–Crippen MR) is 64.0 cm³/mol. The molecule has 0 aliphatic rings. The quantitative estimate of drug-likeness (QED) is 0.871. The maximum Gasteiger partial charge on any atom is 0.387 e. The molecule has 0 unspecified atom stereocenters. The molecule has 0 bridgehead atoms. The van der Waals surface area contributed by atoms with E-state index in [1.54, 1.807) is 0 Å². The molecule has 0 saturated carbocycles. The van der Waals surface area contributed by atoms with Gasteiger partial charge in [0.1, 0.15) is 6.33 Å². The molecular formula is C11H10F2N4O3. The van der Waals surface area contributed by atoms with Crippen LogP contribution in [0.2, 0.25) is 0 Å². The molecule has 106 valence electrons. The van der Waals surface area contributed by atoms with Gasteiger partial charge in [-0.3, -0.25) is 9.89 Å². The number of rotatable bonds is 5. The minimum Gasteiger partial charge on any atom is -0.493 e. The van der Waals surface area contributed by atoms with Crippen LogP contribution in [0, 0.1) is 0 Å². The summed E-state index contributed by atoms with van der Waals surface area (Å²) in [6.07, 6.45) is 1.17. The Bertz CT molecular complexity index is 589. The van der Waals surface area contributed by atoms with Gasteiger partial charge in [-0.2, -0.15) is 13.9 Å². The zero-order valence-corrected chi connectivity index (χ0v) is 10.3. The zero-order chi connectivity index (χ0) is 14.5. The number of halogens is 2. The molecule has 0 aliphatic heterocycles. The van der Waals surface area contributed by atoms with Crippen molar-refractivity contribution in [3.05, 3.63) is 30.4 Å². The normalized spacial score (nSPS) is 10.4. The third kappa shape index (κ3) is 3.19. The second-order valence-electron chi connectivity index (χ2n) is 3.53. The average molecular weight is 284 g/mol. The highest BCUT2D eigenvalue weighted by Gasteiger charge is 2.14. The van der Waals surface area contributed by atoms with E-state index < -0.39 is 12.5 Å².